The van der Waals surface area contributed by atoms with E-state index in [1.807, 2.05) is 13.1 Å². The van der Waals surface area contributed by atoms with Crippen LogP contribution in [-0.4, -0.2) is 13.2 Å². The van der Waals surface area contributed by atoms with Crippen molar-refractivity contribution in [2.45, 2.75) is 25.5 Å². The van der Waals surface area contributed by atoms with Gasteiger partial charge in [0.15, 0.2) is 0 Å². The van der Waals surface area contributed by atoms with Crippen molar-refractivity contribution in [3.05, 3.63) is 54.1 Å². The Balaban J connectivity index is 1.91. The van der Waals surface area contributed by atoms with Crippen molar-refractivity contribution in [1.29, 1.82) is 0 Å². The fourth-order valence-electron chi connectivity index (χ4n) is 2.26. The predicted octanol–water partition coefficient (Wildman–Crippen LogP) is 3.61. The molecule has 1 aliphatic carbocycles. The van der Waals surface area contributed by atoms with Gasteiger partial charge in [-0.2, -0.15) is 0 Å². The van der Waals surface area contributed by atoms with Crippen LogP contribution in [0, 0.1) is 0 Å². The van der Waals surface area contributed by atoms with Gasteiger partial charge in [-0.1, -0.05) is 36.4 Å². The summed E-state index contributed by atoms with van der Waals surface area (Å²) in [5.41, 5.74) is 3.82. The van der Waals surface area contributed by atoms with Crippen molar-refractivity contribution >= 4 is 0 Å². The highest BCUT2D eigenvalue weighted by Crippen LogP contribution is 2.31. The largest absolute Gasteiger partial charge is 0.490 e. The highest BCUT2D eigenvalue weighted by molar-refractivity contribution is 5.68. The second kappa shape index (κ2) is 5.45. The molecule has 1 N–H and O–H groups in total. The first-order chi connectivity index (χ1) is 9.36. The van der Waals surface area contributed by atoms with E-state index in [1.54, 1.807) is 0 Å². The van der Waals surface area contributed by atoms with Gasteiger partial charge >= 0.3 is 0 Å². The first-order valence-corrected chi connectivity index (χ1v) is 6.86. The van der Waals surface area contributed by atoms with Crippen LogP contribution in [0.15, 0.2) is 48.5 Å². The summed E-state index contributed by atoms with van der Waals surface area (Å²) in [6.07, 6.45) is 2.84. The molecule has 98 valence electrons. The van der Waals surface area contributed by atoms with Gasteiger partial charge in [0, 0.05) is 6.54 Å². The topological polar surface area (TPSA) is 21.3 Å². The van der Waals surface area contributed by atoms with Crippen molar-refractivity contribution in [1.82, 2.24) is 5.32 Å². The summed E-state index contributed by atoms with van der Waals surface area (Å²) in [7, 11) is 1.98. The lowest BCUT2D eigenvalue weighted by Crippen LogP contribution is -2.06. The molecule has 0 unspecified atom stereocenters. The average Bonchev–Trinajstić information content (AvgIpc) is 3.24. The third-order valence-electron chi connectivity index (χ3n) is 3.36. The van der Waals surface area contributed by atoms with Gasteiger partial charge in [-0.25, -0.2) is 0 Å². The standard InChI is InChI=1S/C17H19NO/c1-18-12-14-5-2-3-8-17(14)13-6-4-7-16(11-13)19-15-9-10-15/h2-8,11,15,18H,9-10,12H2,1H3. The summed E-state index contributed by atoms with van der Waals surface area (Å²) < 4.78 is 5.87. The maximum absolute atomic E-state index is 5.87. The molecule has 2 nitrogen and oxygen atoms in total. The summed E-state index contributed by atoms with van der Waals surface area (Å²) in [5.74, 6) is 0.985. The van der Waals surface area contributed by atoms with E-state index < -0.39 is 0 Å². The Morgan fingerprint density at radius 1 is 1.11 bits per heavy atom. The summed E-state index contributed by atoms with van der Waals surface area (Å²) in [6.45, 7) is 0.879. The normalized spacial score (nSPS) is 14.4. The molecule has 2 aromatic rings. The zero-order chi connectivity index (χ0) is 13.1. The maximum Gasteiger partial charge on any atom is 0.120 e. The van der Waals surface area contributed by atoms with E-state index in [9.17, 15) is 0 Å². The smallest absolute Gasteiger partial charge is 0.120 e. The van der Waals surface area contributed by atoms with Crippen LogP contribution < -0.4 is 10.1 Å². The van der Waals surface area contributed by atoms with Gasteiger partial charge in [-0.15, -0.1) is 0 Å². The highest BCUT2D eigenvalue weighted by Gasteiger charge is 2.23. The van der Waals surface area contributed by atoms with Gasteiger partial charge in [0.25, 0.3) is 0 Å². The van der Waals surface area contributed by atoms with E-state index in [0.29, 0.717) is 6.10 Å². The summed E-state index contributed by atoms with van der Waals surface area (Å²) in [4.78, 5) is 0. The molecule has 3 rings (SSSR count). The third kappa shape index (κ3) is 2.96. The molecule has 0 spiro atoms. The van der Waals surface area contributed by atoms with Crippen LogP contribution in [0.2, 0.25) is 0 Å². The quantitative estimate of drug-likeness (QED) is 0.878. The Labute approximate surface area is 114 Å². The third-order valence-corrected chi connectivity index (χ3v) is 3.36. The fourth-order valence-corrected chi connectivity index (χ4v) is 2.26. The molecule has 0 heterocycles. The Morgan fingerprint density at radius 2 is 1.95 bits per heavy atom. The summed E-state index contributed by atoms with van der Waals surface area (Å²) in [6, 6.07) is 16.9. The first kappa shape index (κ1) is 12.2. The number of hydrogen-bond donors (Lipinski definition) is 1. The Kier molecular flexibility index (Phi) is 3.51. The van der Waals surface area contributed by atoms with Crippen LogP contribution in [0.5, 0.6) is 5.75 Å². The van der Waals surface area contributed by atoms with Gasteiger partial charge in [-0.05, 0) is 48.7 Å². The number of rotatable bonds is 5. The second-order valence-electron chi connectivity index (χ2n) is 5.03. The Morgan fingerprint density at radius 3 is 2.74 bits per heavy atom. The van der Waals surface area contributed by atoms with E-state index in [2.05, 4.69) is 47.8 Å². The molecule has 2 aromatic carbocycles. The SMILES string of the molecule is CNCc1ccccc1-c1cccc(OC2CC2)c1. The van der Waals surface area contributed by atoms with Crippen molar-refractivity contribution in [3.8, 4) is 16.9 Å². The molecule has 0 aliphatic heterocycles. The van der Waals surface area contributed by atoms with Crippen LogP contribution in [0.4, 0.5) is 0 Å². The zero-order valence-corrected chi connectivity index (χ0v) is 11.2. The average molecular weight is 253 g/mol. The number of ether oxygens (including phenoxy) is 1. The molecular weight excluding hydrogens is 234 g/mol. The van der Waals surface area contributed by atoms with Crippen molar-refractivity contribution in [2.75, 3.05) is 7.05 Å². The summed E-state index contributed by atoms with van der Waals surface area (Å²) >= 11 is 0. The lowest BCUT2D eigenvalue weighted by Gasteiger charge is -2.11. The van der Waals surface area contributed by atoms with Gasteiger partial charge < -0.3 is 10.1 Å². The van der Waals surface area contributed by atoms with E-state index in [-0.39, 0.29) is 0 Å². The molecule has 0 aromatic heterocycles. The highest BCUT2D eigenvalue weighted by atomic mass is 16.5. The van der Waals surface area contributed by atoms with Crippen LogP contribution in [-0.2, 0) is 6.54 Å². The van der Waals surface area contributed by atoms with Crippen LogP contribution >= 0.6 is 0 Å². The Bertz CT molecular complexity index is 561. The van der Waals surface area contributed by atoms with E-state index in [0.717, 1.165) is 12.3 Å². The fraction of sp³-hybridized carbons (Fsp3) is 0.294. The molecule has 2 heteroatoms. The molecule has 19 heavy (non-hydrogen) atoms. The molecular formula is C17H19NO. The van der Waals surface area contributed by atoms with E-state index >= 15 is 0 Å². The summed E-state index contributed by atoms with van der Waals surface area (Å²) in [5, 5.41) is 3.22. The second-order valence-corrected chi connectivity index (χ2v) is 5.03. The minimum atomic E-state index is 0.447. The molecule has 0 bridgehead atoms. The van der Waals surface area contributed by atoms with Gasteiger partial charge in [0.1, 0.15) is 5.75 Å². The van der Waals surface area contributed by atoms with Crippen LogP contribution in [0.3, 0.4) is 0 Å². The molecule has 0 radical (unpaired) electrons. The molecule has 0 saturated heterocycles. The lowest BCUT2D eigenvalue weighted by molar-refractivity contribution is 0.303. The number of benzene rings is 2. The molecule has 1 saturated carbocycles. The molecule has 0 amide bonds. The van der Waals surface area contributed by atoms with Crippen molar-refractivity contribution in [2.24, 2.45) is 0 Å². The van der Waals surface area contributed by atoms with Crippen LogP contribution in [0.25, 0.3) is 11.1 Å². The molecule has 1 fully saturated rings. The maximum atomic E-state index is 5.87. The molecule has 0 atom stereocenters. The monoisotopic (exact) mass is 253 g/mol. The Hall–Kier alpha value is -1.80. The molecule has 1 aliphatic rings. The van der Waals surface area contributed by atoms with Crippen molar-refractivity contribution < 1.29 is 4.74 Å². The first-order valence-electron chi connectivity index (χ1n) is 6.86. The number of hydrogen-bond acceptors (Lipinski definition) is 2. The minimum Gasteiger partial charge on any atom is -0.490 e. The lowest BCUT2D eigenvalue weighted by atomic mass is 9.99. The zero-order valence-electron chi connectivity index (χ0n) is 11.2. The van der Waals surface area contributed by atoms with Gasteiger partial charge in [0.05, 0.1) is 6.10 Å². The predicted molar refractivity (Wildman–Crippen MR) is 78.3 cm³/mol. The number of nitrogens with one attached hydrogen (secondary N) is 1. The minimum absolute atomic E-state index is 0.447. The van der Waals surface area contributed by atoms with E-state index in [1.165, 1.54) is 29.5 Å². The van der Waals surface area contributed by atoms with Crippen LogP contribution in [0.1, 0.15) is 18.4 Å². The van der Waals surface area contributed by atoms with Gasteiger partial charge in [-0.3, -0.25) is 0 Å². The van der Waals surface area contributed by atoms with E-state index in [4.69, 9.17) is 4.74 Å². The van der Waals surface area contributed by atoms with Crippen molar-refractivity contribution in [3.63, 3.8) is 0 Å². The van der Waals surface area contributed by atoms with Gasteiger partial charge in [0.2, 0.25) is 0 Å².